The number of ether oxygens (including phenoxy) is 2. The van der Waals surface area contributed by atoms with E-state index in [-0.39, 0.29) is 5.91 Å². The van der Waals surface area contributed by atoms with Gasteiger partial charge in [-0.05, 0) is 73.9 Å². The number of hydrogen-bond donors (Lipinski definition) is 0. The van der Waals surface area contributed by atoms with Gasteiger partial charge in [0.1, 0.15) is 12.4 Å². The van der Waals surface area contributed by atoms with E-state index in [1.807, 2.05) is 78.2 Å². The van der Waals surface area contributed by atoms with Crippen molar-refractivity contribution in [3.8, 4) is 22.7 Å². The van der Waals surface area contributed by atoms with Gasteiger partial charge in [0.25, 0.3) is 0 Å². The highest BCUT2D eigenvalue weighted by Crippen LogP contribution is 2.37. The lowest BCUT2D eigenvalue weighted by atomic mass is 10.1. The predicted molar refractivity (Wildman–Crippen MR) is 149 cm³/mol. The van der Waals surface area contributed by atoms with E-state index >= 15 is 0 Å². The van der Waals surface area contributed by atoms with Gasteiger partial charge in [-0.2, -0.15) is 0 Å². The van der Waals surface area contributed by atoms with Crippen molar-refractivity contribution in [3.05, 3.63) is 101 Å². The number of methoxy groups -OCH3 is 1. The zero-order valence-electron chi connectivity index (χ0n) is 21.4. The molecule has 7 heteroatoms. The topological polar surface area (TPSA) is 60.8 Å². The first-order valence-corrected chi connectivity index (χ1v) is 13.0. The lowest BCUT2D eigenvalue weighted by molar-refractivity contribution is -0.119. The first-order chi connectivity index (χ1) is 18.4. The molecule has 0 bridgehead atoms. The highest BCUT2D eigenvalue weighted by Gasteiger charge is 2.23. The Morgan fingerprint density at radius 3 is 2.50 bits per heavy atom. The van der Waals surface area contributed by atoms with Crippen molar-refractivity contribution in [2.45, 2.75) is 32.8 Å². The molecule has 1 saturated heterocycles. The second-order valence-corrected chi connectivity index (χ2v) is 9.78. The van der Waals surface area contributed by atoms with Crippen molar-refractivity contribution in [1.82, 2.24) is 4.57 Å². The molecule has 4 aromatic rings. The zero-order chi connectivity index (χ0) is 26.6. The number of hydrogen-bond acceptors (Lipinski definition) is 4. The average Bonchev–Trinajstić information content (AvgIpc) is 3.33. The molecular formula is C31H29ClN2O4. The van der Waals surface area contributed by atoms with Crippen molar-refractivity contribution < 1.29 is 19.1 Å². The molecule has 6 nitrogen and oxygen atoms in total. The second kappa shape index (κ2) is 11.2. The number of amides is 1. The van der Waals surface area contributed by atoms with Gasteiger partial charge in [-0.15, -0.1) is 0 Å². The van der Waals surface area contributed by atoms with Crippen molar-refractivity contribution in [2.75, 3.05) is 18.6 Å². The first kappa shape index (κ1) is 25.6. The molecule has 1 fully saturated rings. The smallest absolute Gasteiger partial charge is 0.337 e. The Bertz CT molecular complexity index is 1480. The van der Waals surface area contributed by atoms with Crippen LogP contribution in [-0.2, 0) is 16.1 Å². The Morgan fingerprint density at radius 1 is 0.947 bits per heavy atom. The van der Waals surface area contributed by atoms with Crippen LogP contribution in [0, 0.1) is 6.92 Å². The fourth-order valence-electron chi connectivity index (χ4n) is 4.85. The average molecular weight is 529 g/mol. The molecule has 0 aliphatic carbocycles. The summed E-state index contributed by atoms with van der Waals surface area (Å²) in [4.78, 5) is 27.1. The van der Waals surface area contributed by atoms with Gasteiger partial charge in [0, 0.05) is 40.6 Å². The van der Waals surface area contributed by atoms with E-state index in [0.29, 0.717) is 41.6 Å². The maximum absolute atomic E-state index is 12.7. The molecule has 0 unspecified atom stereocenters. The lowest BCUT2D eigenvalue weighted by Crippen LogP contribution is -2.35. The summed E-state index contributed by atoms with van der Waals surface area (Å²) in [6.07, 6.45) is 2.29. The van der Waals surface area contributed by atoms with Crippen LogP contribution in [-0.4, -0.2) is 30.1 Å². The van der Waals surface area contributed by atoms with Gasteiger partial charge in [-0.1, -0.05) is 41.9 Å². The molecule has 0 radical (unpaired) electrons. The number of rotatable bonds is 7. The predicted octanol–water partition coefficient (Wildman–Crippen LogP) is 6.99. The number of halogens is 1. The summed E-state index contributed by atoms with van der Waals surface area (Å²) in [6, 6.07) is 25.0. The number of carbonyl (C=O) groups excluding carboxylic acids is 2. The van der Waals surface area contributed by atoms with E-state index in [2.05, 4.69) is 0 Å². The lowest BCUT2D eigenvalue weighted by Gasteiger charge is -2.28. The Morgan fingerprint density at radius 2 is 1.74 bits per heavy atom. The minimum atomic E-state index is -0.460. The van der Waals surface area contributed by atoms with E-state index < -0.39 is 5.97 Å². The van der Waals surface area contributed by atoms with Gasteiger partial charge in [0.15, 0.2) is 0 Å². The Balaban J connectivity index is 1.61. The summed E-state index contributed by atoms with van der Waals surface area (Å²) >= 11 is 6.45. The number of nitrogens with zero attached hydrogens (tertiary/aromatic N) is 2. The first-order valence-electron chi connectivity index (χ1n) is 12.6. The van der Waals surface area contributed by atoms with Crippen LogP contribution in [0.5, 0.6) is 5.75 Å². The maximum Gasteiger partial charge on any atom is 0.337 e. The van der Waals surface area contributed by atoms with E-state index in [9.17, 15) is 9.59 Å². The van der Waals surface area contributed by atoms with E-state index in [0.717, 1.165) is 41.0 Å². The van der Waals surface area contributed by atoms with Crippen LogP contribution in [0.2, 0.25) is 5.02 Å². The Kier molecular flexibility index (Phi) is 7.52. The molecule has 0 saturated carbocycles. The van der Waals surface area contributed by atoms with E-state index in [1.54, 1.807) is 17.0 Å². The van der Waals surface area contributed by atoms with Crippen LogP contribution in [0.25, 0.3) is 16.9 Å². The third-order valence-electron chi connectivity index (χ3n) is 6.75. The normalized spacial score (nSPS) is 13.4. The molecule has 2 heterocycles. The fourth-order valence-corrected chi connectivity index (χ4v) is 5.02. The number of benzene rings is 3. The minimum Gasteiger partial charge on any atom is -0.488 e. The molecule has 194 valence electrons. The number of aromatic nitrogens is 1. The molecule has 1 aliphatic heterocycles. The van der Waals surface area contributed by atoms with Crippen LogP contribution < -0.4 is 9.64 Å². The summed E-state index contributed by atoms with van der Waals surface area (Å²) < 4.78 is 13.3. The monoisotopic (exact) mass is 528 g/mol. The molecular weight excluding hydrogens is 500 g/mol. The maximum atomic E-state index is 12.7. The standard InChI is InChI=1S/C31H29ClN2O4/c1-21-11-13-28(27-18-24(32)12-14-29(27)38-20-22-8-4-3-5-9-22)34(21)26-17-23(31(36)37-2)16-25(19-26)33-15-7-6-10-30(33)35/h3-5,8-9,11-14,16-19H,6-7,10,15,20H2,1-2H3. The van der Waals surface area contributed by atoms with Crippen LogP contribution in [0.4, 0.5) is 5.69 Å². The Labute approximate surface area is 227 Å². The van der Waals surface area contributed by atoms with Gasteiger partial charge >= 0.3 is 5.97 Å². The third kappa shape index (κ3) is 5.31. The molecule has 0 N–H and O–H groups in total. The second-order valence-electron chi connectivity index (χ2n) is 9.34. The number of carbonyl (C=O) groups is 2. The van der Waals surface area contributed by atoms with Gasteiger partial charge in [0.2, 0.25) is 5.91 Å². The van der Waals surface area contributed by atoms with Crippen molar-refractivity contribution in [1.29, 1.82) is 0 Å². The Hall–Kier alpha value is -4.03. The summed E-state index contributed by atoms with van der Waals surface area (Å²) in [5.41, 5.74) is 5.48. The van der Waals surface area contributed by atoms with E-state index in [4.69, 9.17) is 21.1 Å². The van der Waals surface area contributed by atoms with Crippen LogP contribution in [0.3, 0.4) is 0 Å². The van der Waals surface area contributed by atoms with Crippen molar-refractivity contribution in [3.63, 3.8) is 0 Å². The highest BCUT2D eigenvalue weighted by molar-refractivity contribution is 6.31. The minimum absolute atomic E-state index is 0.0557. The van der Waals surface area contributed by atoms with Crippen LogP contribution in [0.15, 0.2) is 78.9 Å². The molecule has 0 spiro atoms. The van der Waals surface area contributed by atoms with Crippen LogP contribution >= 0.6 is 11.6 Å². The summed E-state index contributed by atoms with van der Waals surface area (Å²) in [7, 11) is 1.36. The van der Waals surface area contributed by atoms with Gasteiger partial charge in [0.05, 0.1) is 18.4 Å². The number of esters is 1. The molecule has 1 amide bonds. The molecule has 38 heavy (non-hydrogen) atoms. The molecule has 5 rings (SSSR count). The van der Waals surface area contributed by atoms with Gasteiger partial charge < -0.3 is 18.9 Å². The number of piperidine rings is 1. The largest absolute Gasteiger partial charge is 0.488 e. The third-order valence-corrected chi connectivity index (χ3v) is 6.98. The van der Waals surface area contributed by atoms with Gasteiger partial charge in [-0.25, -0.2) is 4.79 Å². The van der Waals surface area contributed by atoms with Gasteiger partial charge in [-0.3, -0.25) is 4.79 Å². The summed E-state index contributed by atoms with van der Waals surface area (Å²) in [5.74, 6) is 0.284. The fraction of sp³-hybridized carbons (Fsp3) is 0.226. The highest BCUT2D eigenvalue weighted by atomic mass is 35.5. The SMILES string of the molecule is COC(=O)c1cc(N2CCCCC2=O)cc(-n2c(C)ccc2-c2cc(Cl)ccc2OCc2ccccc2)c1. The molecule has 0 atom stereocenters. The van der Waals surface area contributed by atoms with Crippen LogP contribution in [0.1, 0.15) is 40.9 Å². The quantitative estimate of drug-likeness (QED) is 0.243. The van der Waals surface area contributed by atoms with Crippen molar-refractivity contribution in [2.24, 2.45) is 0 Å². The number of anilines is 1. The molecule has 3 aromatic carbocycles. The van der Waals surface area contributed by atoms with E-state index in [1.165, 1.54) is 7.11 Å². The molecule has 1 aromatic heterocycles. The summed E-state index contributed by atoms with van der Waals surface area (Å²) in [5, 5.41) is 0.584. The molecule has 1 aliphatic rings. The summed E-state index contributed by atoms with van der Waals surface area (Å²) in [6.45, 7) is 3.02. The van der Waals surface area contributed by atoms with Crippen molar-refractivity contribution >= 4 is 29.2 Å². The zero-order valence-corrected chi connectivity index (χ0v) is 22.2. The number of aryl methyl sites for hydroxylation is 1.